The van der Waals surface area contributed by atoms with Gasteiger partial charge < -0.3 is 5.32 Å². The van der Waals surface area contributed by atoms with Crippen molar-refractivity contribution in [2.75, 3.05) is 0 Å². The smallest absolute Gasteiger partial charge is 0.244 e. The average molecular weight is 225 g/mol. The van der Waals surface area contributed by atoms with E-state index in [0.29, 0.717) is 0 Å². The van der Waals surface area contributed by atoms with Crippen LogP contribution >= 0.6 is 11.8 Å². The molecular weight excluding hydrogens is 210 g/mol. The summed E-state index contributed by atoms with van der Waals surface area (Å²) in [6.45, 7) is 3.40. The van der Waals surface area contributed by atoms with Gasteiger partial charge in [0, 0.05) is 0 Å². The van der Waals surface area contributed by atoms with Gasteiger partial charge in [-0.2, -0.15) is 0 Å². The van der Waals surface area contributed by atoms with Gasteiger partial charge in [-0.05, 0) is 18.9 Å². The Kier molecular flexibility index (Phi) is 2.87. The van der Waals surface area contributed by atoms with Crippen LogP contribution in [0.15, 0.2) is 12.7 Å². The second-order valence-corrected chi connectivity index (χ2v) is 5.61. The molecule has 1 unspecified atom stereocenters. The van der Waals surface area contributed by atoms with Crippen LogP contribution in [0.3, 0.4) is 0 Å². The molecule has 2 fully saturated rings. The third-order valence-corrected chi connectivity index (χ3v) is 4.72. The summed E-state index contributed by atoms with van der Waals surface area (Å²) in [5, 5.41) is 2.85. The van der Waals surface area contributed by atoms with E-state index in [0.717, 1.165) is 12.8 Å². The molecule has 15 heavy (non-hydrogen) atoms. The van der Waals surface area contributed by atoms with Crippen molar-refractivity contribution in [1.82, 2.24) is 5.32 Å². The molecule has 2 aliphatic rings. The molecule has 4 heteroatoms. The van der Waals surface area contributed by atoms with Gasteiger partial charge >= 0.3 is 0 Å². The maximum atomic E-state index is 11.5. The van der Waals surface area contributed by atoms with Crippen LogP contribution in [0.2, 0.25) is 0 Å². The second kappa shape index (κ2) is 4.00. The highest BCUT2D eigenvalue weighted by atomic mass is 32.2. The van der Waals surface area contributed by atoms with Crippen LogP contribution in [-0.4, -0.2) is 21.8 Å². The van der Waals surface area contributed by atoms with Crippen LogP contribution in [0.1, 0.15) is 32.1 Å². The van der Waals surface area contributed by atoms with Crippen LogP contribution in [0.5, 0.6) is 0 Å². The highest BCUT2D eigenvalue weighted by Crippen LogP contribution is 2.51. The molecule has 82 valence electrons. The number of thioether (sulfide) groups is 1. The van der Waals surface area contributed by atoms with Gasteiger partial charge in [0.05, 0.1) is 4.75 Å². The summed E-state index contributed by atoms with van der Waals surface area (Å²) >= 11 is 1.42. The summed E-state index contributed by atoms with van der Waals surface area (Å²) in [6, 6.07) is -0.270. The molecule has 1 spiro atoms. The molecule has 0 aromatic carbocycles. The lowest BCUT2D eigenvalue weighted by atomic mass is 9.82. The zero-order valence-electron chi connectivity index (χ0n) is 8.62. The monoisotopic (exact) mass is 225 g/mol. The molecule has 0 aromatic heterocycles. The maximum absolute atomic E-state index is 11.5. The Balaban J connectivity index is 2.04. The van der Waals surface area contributed by atoms with Crippen molar-refractivity contribution >= 4 is 22.8 Å². The third kappa shape index (κ3) is 1.83. The summed E-state index contributed by atoms with van der Waals surface area (Å²) in [5.74, 6) is -0.237. The molecule has 1 saturated heterocycles. The van der Waals surface area contributed by atoms with E-state index in [1.165, 1.54) is 37.1 Å². The highest BCUT2D eigenvalue weighted by molar-refractivity contribution is 8.17. The van der Waals surface area contributed by atoms with Crippen molar-refractivity contribution < 1.29 is 9.59 Å². The first-order valence-corrected chi connectivity index (χ1v) is 6.15. The maximum Gasteiger partial charge on any atom is 0.244 e. The molecule has 1 heterocycles. The summed E-state index contributed by atoms with van der Waals surface area (Å²) in [5.41, 5.74) is 0. The van der Waals surface area contributed by atoms with Crippen LogP contribution < -0.4 is 5.32 Å². The number of amides is 1. The Morgan fingerprint density at radius 3 is 2.67 bits per heavy atom. The summed E-state index contributed by atoms with van der Waals surface area (Å²) in [7, 11) is 0. The first-order valence-electron chi connectivity index (χ1n) is 5.34. The van der Waals surface area contributed by atoms with Gasteiger partial charge in [-0.25, -0.2) is 0 Å². The topological polar surface area (TPSA) is 46.2 Å². The van der Waals surface area contributed by atoms with Crippen molar-refractivity contribution in [3.8, 4) is 0 Å². The summed E-state index contributed by atoms with van der Waals surface area (Å²) < 4.78 is 0.00794. The fourth-order valence-corrected chi connectivity index (χ4v) is 3.80. The lowest BCUT2D eigenvalue weighted by Crippen LogP contribution is -2.63. The second-order valence-electron chi connectivity index (χ2n) is 4.19. The van der Waals surface area contributed by atoms with E-state index in [1.54, 1.807) is 0 Å². The Hall–Kier alpha value is -0.770. The van der Waals surface area contributed by atoms with Crippen LogP contribution in [-0.2, 0) is 9.59 Å². The van der Waals surface area contributed by atoms with E-state index in [1.807, 2.05) is 0 Å². The van der Waals surface area contributed by atoms with E-state index in [9.17, 15) is 9.59 Å². The molecule has 1 aliphatic heterocycles. The minimum atomic E-state index is -0.270. The number of nitrogens with one attached hydrogen (secondary N) is 1. The van der Waals surface area contributed by atoms with Gasteiger partial charge in [0.15, 0.2) is 0 Å². The zero-order valence-corrected chi connectivity index (χ0v) is 9.44. The van der Waals surface area contributed by atoms with Crippen LogP contribution in [0, 0.1) is 0 Å². The van der Waals surface area contributed by atoms with E-state index in [4.69, 9.17) is 0 Å². The van der Waals surface area contributed by atoms with Gasteiger partial charge in [0.2, 0.25) is 11.0 Å². The largest absolute Gasteiger partial charge is 0.340 e. The van der Waals surface area contributed by atoms with Gasteiger partial charge in [0.25, 0.3) is 0 Å². The number of carbonyl (C=O) groups excluding carboxylic acids is 2. The first kappa shape index (κ1) is 10.7. The molecular formula is C11H15NO2S. The summed E-state index contributed by atoms with van der Waals surface area (Å²) in [6.07, 6.45) is 6.91. The SMILES string of the molecule is C=CC(=O)NC1C(=O)SC12CCCCC2. The van der Waals surface area contributed by atoms with Crippen molar-refractivity contribution in [3.05, 3.63) is 12.7 Å². The Bertz CT molecular complexity index is 308. The molecule has 2 rings (SSSR count). The lowest BCUT2D eigenvalue weighted by Gasteiger charge is -2.49. The van der Waals surface area contributed by atoms with Crippen LogP contribution in [0.4, 0.5) is 0 Å². The van der Waals surface area contributed by atoms with Gasteiger partial charge in [-0.3, -0.25) is 9.59 Å². The fourth-order valence-electron chi connectivity index (χ4n) is 2.41. The van der Waals surface area contributed by atoms with Gasteiger partial charge in [0.1, 0.15) is 6.04 Å². The molecule has 1 N–H and O–H groups in total. The molecule has 1 atom stereocenters. The number of rotatable bonds is 2. The Labute approximate surface area is 93.7 Å². The molecule has 1 saturated carbocycles. The average Bonchev–Trinajstić information content (AvgIpc) is 2.27. The zero-order chi connectivity index (χ0) is 10.9. The predicted octanol–water partition coefficient (Wildman–Crippen LogP) is 1.63. The van der Waals surface area contributed by atoms with E-state index in [-0.39, 0.29) is 21.8 Å². The minimum absolute atomic E-state index is 0.00794. The highest BCUT2D eigenvalue weighted by Gasteiger charge is 2.55. The molecule has 1 amide bonds. The molecule has 3 nitrogen and oxygen atoms in total. The van der Waals surface area contributed by atoms with Crippen molar-refractivity contribution in [1.29, 1.82) is 0 Å². The van der Waals surface area contributed by atoms with E-state index < -0.39 is 0 Å². The molecule has 0 bridgehead atoms. The molecule has 1 aliphatic carbocycles. The number of carbonyl (C=O) groups is 2. The normalized spacial score (nSPS) is 28.3. The van der Waals surface area contributed by atoms with Crippen molar-refractivity contribution in [3.63, 3.8) is 0 Å². The Morgan fingerprint density at radius 2 is 2.13 bits per heavy atom. The predicted molar refractivity (Wildman–Crippen MR) is 60.5 cm³/mol. The van der Waals surface area contributed by atoms with Crippen LogP contribution in [0.25, 0.3) is 0 Å². The quantitative estimate of drug-likeness (QED) is 0.727. The number of hydrogen-bond donors (Lipinski definition) is 1. The molecule has 0 aromatic rings. The van der Waals surface area contributed by atoms with E-state index >= 15 is 0 Å². The van der Waals surface area contributed by atoms with Crippen molar-refractivity contribution in [2.45, 2.75) is 42.9 Å². The lowest BCUT2D eigenvalue weighted by molar-refractivity contribution is -0.123. The number of hydrogen-bond acceptors (Lipinski definition) is 3. The first-order chi connectivity index (χ1) is 7.18. The molecule has 0 radical (unpaired) electrons. The van der Waals surface area contributed by atoms with Gasteiger partial charge in [-0.15, -0.1) is 0 Å². The van der Waals surface area contributed by atoms with Crippen molar-refractivity contribution in [2.24, 2.45) is 0 Å². The minimum Gasteiger partial charge on any atom is -0.340 e. The van der Waals surface area contributed by atoms with Gasteiger partial charge in [-0.1, -0.05) is 37.6 Å². The standard InChI is InChI=1S/C11H15NO2S/c1-2-8(13)12-9-10(14)15-11(9)6-4-3-5-7-11/h2,9H,1,3-7H2,(H,12,13). The van der Waals surface area contributed by atoms with E-state index in [2.05, 4.69) is 11.9 Å². The third-order valence-electron chi connectivity index (χ3n) is 3.24. The fraction of sp³-hybridized carbons (Fsp3) is 0.636. The summed E-state index contributed by atoms with van der Waals surface area (Å²) in [4.78, 5) is 22.7. The Morgan fingerprint density at radius 1 is 1.47 bits per heavy atom.